The molecule has 2 atom stereocenters. The summed E-state index contributed by atoms with van der Waals surface area (Å²) in [4.78, 5) is 0. The summed E-state index contributed by atoms with van der Waals surface area (Å²) in [5.41, 5.74) is 4.06. The first-order chi connectivity index (χ1) is 10.4. The van der Waals surface area contributed by atoms with Crippen LogP contribution in [0.5, 0.6) is 0 Å². The van der Waals surface area contributed by atoms with Gasteiger partial charge in [0.1, 0.15) is 0 Å². The minimum absolute atomic E-state index is 0.167. The molecule has 1 aliphatic heterocycles. The molecule has 1 saturated heterocycles. The Labute approximate surface area is 127 Å². The average Bonchev–Trinajstić information content (AvgIpc) is 3.03. The topological polar surface area (TPSA) is 65.1 Å². The zero-order valence-electron chi connectivity index (χ0n) is 12.8. The van der Waals surface area contributed by atoms with Crippen molar-refractivity contribution in [2.75, 3.05) is 6.61 Å². The monoisotopic (exact) mass is 292 g/mol. The number of rotatable bonds is 5. The van der Waals surface area contributed by atoms with E-state index in [9.17, 15) is 0 Å². The Hall–Kier alpha value is -0.910. The van der Waals surface area contributed by atoms with Crippen LogP contribution in [-0.2, 0) is 11.2 Å². The van der Waals surface area contributed by atoms with Crippen molar-refractivity contribution in [2.45, 2.75) is 76.0 Å². The Morgan fingerprint density at radius 3 is 2.76 bits per heavy atom. The second-order valence-electron chi connectivity index (χ2n) is 6.46. The van der Waals surface area contributed by atoms with Crippen LogP contribution in [-0.4, -0.2) is 28.5 Å². The lowest BCUT2D eigenvalue weighted by Gasteiger charge is -2.29. The molecular formula is C16H28N4O. The second kappa shape index (κ2) is 7.38. The van der Waals surface area contributed by atoms with Gasteiger partial charge in [-0.2, -0.15) is 5.10 Å². The van der Waals surface area contributed by atoms with E-state index in [1.165, 1.54) is 44.9 Å². The molecule has 2 fully saturated rings. The fourth-order valence-corrected chi connectivity index (χ4v) is 3.64. The molecule has 2 aliphatic rings. The molecule has 1 saturated carbocycles. The zero-order chi connectivity index (χ0) is 14.5. The molecular weight excluding hydrogens is 264 g/mol. The summed E-state index contributed by atoms with van der Waals surface area (Å²) < 4.78 is 8.02. The first-order valence-electron chi connectivity index (χ1n) is 8.48. The van der Waals surface area contributed by atoms with E-state index in [-0.39, 0.29) is 12.1 Å². The number of ether oxygens (including phenoxy) is 1. The quantitative estimate of drug-likeness (QED) is 0.646. The predicted molar refractivity (Wildman–Crippen MR) is 82.8 cm³/mol. The van der Waals surface area contributed by atoms with E-state index >= 15 is 0 Å². The van der Waals surface area contributed by atoms with Crippen molar-refractivity contribution in [3.8, 4) is 0 Å². The summed E-state index contributed by atoms with van der Waals surface area (Å²) in [7, 11) is 0. The number of hydrogen-bond donors (Lipinski definition) is 2. The maximum Gasteiger partial charge on any atom is 0.0745 e. The van der Waals surface area contributed by atoms with Crippen molar-refractivity contribution in [3.05, 3.63) is 18.0 Å². The maximum absolute atomic E-state index is 5.85. The molecule has 1 aromatic rings. The summed E-state index contributed by atoms with van der Waals surface area (Å²) in [6.07, 6.45) is 13.3. The summed E-state index contributed by atoms with van der Waals surface area (Å²) in [6, 6.07) is 2.91. The van der Waals surface area contributed by atoms with E-state index in [0.29, 0.717) is 6.04 Å². The lowest BCUT2D eigenvalue weighted by Crippen LogP contribution is -2.47. The van der Waals surface area contributed by atoms with Gasteiger partial charge in [0.15, 0.2) is 0 Å². The van der Waals surface area contributed by atoms with Gasteiger partial charge in [-0.15, -0.1) is 0 Å². The van der Waals surface area contributed by atoms with Gasteiger partial charge in [-0.25, -0.2) is 0 Å². The molecule has 0 radical (unpaired) electrons. The lowest BCUT2D eigenvalue weighted by atomic mass is 9.96. The third-order valence-electron chi connectivity index (χ3n) is 4.92. The Morgan fingerprint density at radius 2 is 2.05 bits per heavy atom. The van der Waals surface area contributed by atoms with Crippen LogP contribution in [0.25, 0.3) is 0 Å². The van der Waals surface area contributed by atoms with Crippen LogP contribution in [0.3, 0.4) is 0 Å². The van der Waals surface area contributed by atoms with Crippen molar-refractivity contribution in [3.63, 3.8) is 0 Å². The fraction of sp³-hybridized carbons (Fsp3) is 0.812. The highest BCUT2D eigenvalue weighted by Crippen LogP contribution is 2.27. The van der Waals surface area contributed by atoms with E-state index in [1.807, 2.05) is 0 Å². The number of aromatic nitrogens is 2. The van der Waals surface area contributed by atoms with Crippen LogP contribution < -0.4 is 11.3 Å². The molecule has 21 heavy (non-hydrogen) atoms. The molecule has 3 rings (SSSR count). The number of nitrogens with zero attached hydrogens (tertiary/aromatic N) is 2. The van der Waals surface area contributed by atoms with Gasteiger partial charge in [-0.05, 0) is 38.2 Å². The van der Waals surface area contributed by atoms with Gasteiger partial charge in [-0.3, -0.25) is 16.0 Å². The number of nitrogens with one attached hydrogen (secondary N) is 1. The molecule has 0 spiro atoms. The Balaban J connectivity index is 1.59. The Kier molecular flexibility index (Phi) is 5.27. The molecule has 0 bridgehead atoms. The first kappa shape index (κ1) is 15.0. The summed E-state index contributed by atoms with van der Waals surface area (Å²) >= 11 is 0. The van der Waals surface area contributed by atoms with Crippen molar-refractivity contribution in [1.29, 1.82) is 0 Å². The highest BCUT2D eigenvalue weighted by Gasteiger charge is 2.25. The highest BCUT2D eigenvalue weighted by atomic mass is 16.5. The minimum atomic E-state index is 0.167. The molecule has 5 nitrogen and oxygen atoms in total. The number of hydrazine groups is 1. The van der Waals surface area contributed by atoms with E-state index < -0.39 is 0 Å². The van der Waals surface area contributed by atoms with Crippen molar-refractivity contribution in [1.82, 2.24) is 15.2 Å². The molecule has 2 heterocycles. The highest BCUT2D eigenvalue weighted by molar-refractivity contribution is 5.03. The van der Waals surface area contributed by atoms with Gasteiger partial charge in [0, 0.05) is 19.2 Å². The summed E-state index contributed by atoms with van der Waals surface area (Å²) in [5, 5.41) is 4.78. The third kappa shape index (κ3) is 3.84. The van der Waals surface area contributed by atoms with E-state index in [1.54, 1.807) is 0 Å². The van der Waals surface area contributed by atoms with E-state index in [0.717, 1.165) is 25.1 Å². The smallest absolute Gasteiger partial charge is 0.0745 e. The van der Waals surface area contributed by atoms with Crippen molar-refractivity contribution >= 4 is 0 Å². The SMILES string of the molecule is NNC(Cc1ccn(C2CCCCC2)n1)C1CCCCO1. The number of nitrogens with two attached hydrogens (primary N) is 1. The average molecular weight is 292 g/mol. The van der Waals surface area contributed by atoms with Crippen LogP contribution >= 0.6 is 0 Å². The molecule has 3 N–H and O–H groups in total. The lowest BCUT2D eigenvalue weighted by molar-refractivity contribution is -0.00766. The van der Waals surface area contributed by atoms with E-state index in [4.69, 9.17) is 15.7 Å². The molecule has 0 amide bonds. The molecule has 118 valence electrons. The Morgan fingerprint density at radius 1 is 1.24 bits per heavy atom. The zero-order valence-corrected chi connectivity index (χ0v) is 12.8. The predicted octanol–water partition coefficient (Wildman–Crippen LogP) is 2.33. The normalized spacial score (nSPS) is 25.9. The van der Waals surface area contributed by atoms with Crippen molar-refractivity contribution in [2.24, 2.45) is 5.84 Å². The van der Waals surface area contributed by atoms with Crippen LogP contribution in [0.4, 0.5) is 0 Å². The number of hydrogen-bond acceptors (Lipinski definition) is 4. The molecule has 1 aromatic heterocycles. The van der Waals surface area contributed by atoms with Crippen LogP contribution in [0.2, 0.25) is 0 Å². The second-order valence-corrected chi connectivity index (χ2v) is 6.46. The van der Waals surface area contributed by atoms with E-state index in [2.05, 4.69) is 22.4 Å². The Bertz CT molecular complexity index is 422. The molecule has 2 unspecified atom stereocenters. The molecule has 5 heteroatoms. The first-order valence-corrected chi connectivity index (χ1v) is 8.48. The van der Waals surface area contributed by atoms with Gasteiger partial charge in [-0.1, -0.05) is 19.3 Å². The van der Waals surface area contributed by atoms with Gasteiger partial charge < -0.3 is 4.74 Å². The van der Waals surface area contributed by atoms with Crippen LogP contribution in [0.15, 0.2) is 12.3 Å². The fourth-order valence-electron chi connectivity index (χ4n) is 3.64. The third-order valence-corrected chi connectivity index (χ3v) is 4.92. The van der Waals surface area contributed by atoms with Crippen molar-refractivity contribution < 1.29 is 4.74 Å². The van der Waals surface area contributed by atoms with Gasteiger partial charge in [0.2, 0.25) is 0 Å². The minimum Gasteiger partial charge on any atom is -0.377 e. The largest absolute Gasteiger partial charge is 0.377 e. The van der Waals surface area contributed by atoms with Gasteiger partial charge in [0.05, 0.1) is 23.9 Å². The summed E-state index contributed by atoms with van der Waals surface area (Å²) in [5.74, 6) is 5.74. The molecule has 1 aliphatic carbocycles. The van der Waals surface area contributed by atoms with Crippen LogP contribution in [0.1, 0.15) is 63.1 Å². The van der Waals surface area contributed by atoms with Crippen LogP contribution in [0, 0.1) is 0 Å². The maximum atomic E-state index is 5.85. The standard InChI is InChI=1S/C16H28N4O/c17-18-15(16-8-4-5-11-21-16)12-13-9-10-20(19-13)14-6-2-1-3-7-14/h9-10,14-16,18H,1-8,11-12,17H2. The van der Waals surface area contributed by atoms with Gasteiger partial charge >= 0.3 is 0 Å². The molecule has 0 aromatic carbocycles. The van der Waals surface area contributed by atoms with Gasteiger partial charge in [0.25, 0.3) is 0 Å². The summed E-state index contributed by atoms with van der Waals surface area (Å²) in [6.45, 7) is 0.860.